The zero-order valence-electron chi connectivity index (χ0n) is 11.5. The van der Waals surface area contributed by atoms with Crippen LogP contribution >= 0.6 is 0 Å². The number of nitrogens with one attached hydrogen (secondary N) is 1. The van der Waals surface area contributed by atoms with E-state index in [0.717, 1.165) is 19.3 Å². The van der Waals surface area contributed by atoms with E-state index in [4.69, 9.17) is 5.73 Å². The van der Waals surface area contributed by atoms with Crippen LogP contribution in [-0.2, 0) is 17.8 Å². The summed E-state index contributed by atoms with van der Waals surface area (Å²) < 4.78 is 2.04. The molecule has 1 atom stereocenters. The highest BCUT2D eigenvalue weighted by molar-refractivity contribution is 5.76. The molecule has 0 spiro atoms. The van der Waals surface area contributed by atoms with Gasteiger partial charge in [0, 0.05) is 23.5 Å². The van der Waals surface area contributed by atoms with Crippen molar-refractivity contribution in [1.29, 1.82) is 0 Å². The minimum atomic E-state index is -0.180. The Balaban J connectivity index is 2.09. The number of hydrogen-bond acceptors (Lipinski definition) is 2. The third-order valence-corrected chi connectivity index (χ3v) is 3.27. The number of amides is 1. The minimum Gasteiger partial charge on any atom is -0.350 e. The molecule has 0 bridgehead atoms. The van der Waals surface area contributed by atoms with E-state index in [1.807, 2.05) is 31.5 Å². The van der Waals surface area contributed by atoms with E-state index in [1.165, 1.54) is 11.3 Å². The van der Waals surface area contributed by atoms with Crippen molar-refractivity contribution in [3.8, 4) is 0 Å². The largest absolute Gasteiger partial charge is 0.350 e. The van der Waals surface area contributed by atoms with Gasteiger partial charge in [0.25, 0.3) is 0 Å². The number of nitrogens with zero attached hydrogens (tertiary/aromatic N) is 1. The van der Waals surface area contributed by atoms with Crippen LogP contribution in [0.5, 0.6) is 0 Å². The third-order valence-electron chi connectivity index (χ3n) is 3.27. The van der Waals surface area contributed by atoms with Crippen LogP contribution < -0.4 is 11.1 Å². The van der Waals surface area contributed by atoms with Crippen LogP contribution in [-0.4, -0.2) is 16.0 Å². The molecular formula is C14H23N3O. The standard InChI is InChI=1S/C14H23N3O/c1-14(2,3)16-13(18)9-17-8-7-10-11(15)5-4-6-12(10)17/h7-8,11H,4-6,9,15H2,1-3H3,(H,16,18). The van der Waals surface area contributed by atoms with Crippen LogP contribution in [0.4, 0.5) is 0 Å². The maximum atomic E-state index is 11.9. The molecule has 1 aromatic heterocycles. The lowest BCUT2D eigenvalue weighted by Crippen LogP contribution is -2.42. The van der Waals surface area contributed by atoms with Gasteiger partial charge in [-0.05, 0) is 51.7 Å². The van der Waals surface area contributed by atoms with E-state index in [0.29, 0.717) is 6.54 Å². The molecule has 4 nitrogen and oxygen atoms in total. The zero-order valence-corrected chi connectivity index (χ0v) is 11.5. The highest BCUT2D eigenvalue weighted by atomic mass is 16.2. The number of rotatable bonds is 2. The van der Waals surface area contributed by atoms with Crippen molar-refractivity contribution in [3.05, 3.63) is 23.5 Å². The Morgan fingerprint density at radius 3 is 2.94 bits per heavy atom. The van der Waals surface area contributed by atoms with Crippen LogP contribution in [0.3, 0.4) is 0 Å². The van der Waals surface area contributed by atoms with Gasteiger partial charge in [-0.3, -0.25) is 4.79 Å². The summed E-state index contributed by atoms with van der Waals surface area (Å²) in [6.45, 7) is 6.36. The molecule has 3 N–H and O–H groups in total. The first kappa shape index (κ1) is 13.1. The van der Waals surface area contributed by atoms with Gasteiger partial charge in [0.2, 0.25) is 5.91 Å². The molecule has 18 heavy (non-hydrogen) atoms. The Morgan fingerprint density at radius 2 is 2.28 bits per heavy atom. The summed E-state index contributed by atoms with van der Waals surface area (Å²) in [6, 6.07) is 2.20. The average Bonchev–Trinajstić information content (AvgIpc) is 2.60. The molecule has 0 saturated carbocycles. The SMILES string of the molecule is CC(C)(C)NC(=O)Cn1ccc2c1CCCC2N. The van der Waals surface area contributed by atoms with E-state index in [1.54, 1.807) is 0 Å². The second kappa shape index (κ2) is 4.76. The van der Waals surface area contributed by atoms with Crippen LogP contribution in [0.1, 0.15) is 50.9 Å². The molecule has 0 radical (unpaired) electrons. The number of aromatic nitrogens is 1. The first-order chi connectivity index (χ1) is 8.37. The molecule has 0 fully saturated rings. The lowest BCUT2D eigenvalue weighted by molar-refractivity contribution is -0.123. The molecule has 4 heteroatoms. The van der Waals surface area contributed by atoms with Crippen LogP contribution in [0.25, 0.3) is 0 Å². The van der Waals surface area contributed by atoms with Crippen molar-refractivity contribution in [2.45, 2.75) is 58.2 Å². The van der Waals surface area contributed by atoms with Crippen LogP contribution in [0.15, 0.2) is 12.3 Å². The normalized spacial score (nSPS) is 19.4. The molecule has 1 aliphatic rings. The van der Waals surface area contributed by atoms with Gasteiger partial charge in [-0.15, -0.1) is 0 Å². The third kappa shape index (κ3) is 2.93. The highest BCUT2D eigenvalue weighted by Gasteiger charge is 2.21. The first-order valence-electron chi connectivity index (χ1n) is 6.61. The van der Waals surface area contributed by atoms with Crippen molar-refractivity contribution in [2.24, 2.45) is 5.73 Å². The van der Waals surface area contributed by atoms with E-state index in [2.05, 4.69) is 11.4 Å². The van der Waals surface area contributed by atoms with Crippen molar-refractivity contribution in [2.75, 3.05) is 0 Å². The molecule has 1 heterocycles. The molecule has 1 unspecified atom stereocenters. The maximum absolute atomic E-state index is 11.9. The lowest BCUT2D eigenvalue weighted by Gasteiger charge is -2.23. The first-order valence-corrected chi connectivity index (χ1v) is 6.61. The topological polar surface area (TPSA) is 60.0 Å². The van der Waals surface area contributed by atoms with E-state index >= 15 is 0 Å². The summed E-state index contributed by atoms with van der Waals surface area (Å²) >= 11 is 0. The molecule has 0 saturated heterocycles. The Morgan fingerprint density at radius 1 is 1.56 bits per heavy atom. The highest BCUT2D eigenvalue weighted by Crippen LogP contribution is 2.28. The molecule has 0 aromatic carbocycles. The summed E-state index contributed by atoms with van der Waals surface area (Å²) in [7, 11) is 0. The van der Waals surface area contributed by atoms with Crippen LogP contribution in [0, 0.1) is 0 Å². The van der Waals surface area contributed by atoms with E-state index in [-0.39, 0.29) is 17.5 Å². The summed E-state index contributed by atoms with van der Waals surface area (Å²) in [4.78, 5) is 11.9. The predicted octanol–water partition coefficient (Wildman–Crippen LogP) is 1.74. The smallest absolute Gasteiger partial charge is 0.240 e. The number of carbonyl (C=O) groups is 1. The fraction of sp³-hybridized carbons (Fsp3) is 0.643. The van der Waals surface area contributed by atoms with Gasteiger partial charge in [-0.25, -0.2) is 0 Å². The maximum Gasteiger partial charge on any atom is 0.240 e. The molecule has 1 aliphatic carbocycles. The van der Waals surface area contributed by atoms with E-state index < -0.39 is 0 Å². The molecule has 1 amide bonds. The Bertz CT molecular complexity index is 442. The minimum absolute atomic E-state index is 0.0556. The summed E-state index contributed by atoms with van der Waals surface area (Å²) in [5, 5.41) is 2.98. The second-order valence-electron chi connectivity index (χ2n) is 6.14. The van der Waals surface area contributed by atoms with Crippen LogP contribution in [0.2, 0.25) is 0 Å². The zero-order chi connectivity index (χ0) is 13.3. The Kier molecular flexibility index (Phi) is 3.48. The van der Waals surface area contributed by atoms with Crippen molar-refractivity contribution < 1.29 is 4.79 Å². The fourth-order valence-electron chi connectivity index (χ4n) is 2.55. The molecule has 2 rings (SSSR count). The van der Waals surface area contributed by atoms with Crippen molar-refractivity contribution in [1.82, 2.24) is 9.88 Å². The molecule has 1 aromatic rings. The fourth-order valence-corrected chi connectivity index (χ4v) is 2.55. The van der Waals surface area contributed by atoms with Gasteiger partial charge >= 0.3 is 0 Å². The number of carbonyl (C=O) groups excluding carboxylic acids is 1. The summed E-state index contributed by atoms with van der Waals surface area (Å²) in [5.41, 5.74) is 8.35. The monoisotopic (exact) mass is 249 g/mol. The predicted molar refractivity (Wildman–Crippen MR) is 72.2 cm³/mol. The Hall–Kier alpha value is -1.29. The molecule has 0 aliphatic heterocycles. The van der Waals surface area contributed by atoms with Gasteiger partial charge in [-0.1, -0.05) is 0 Å². The Labute approximate surface area is 109 Å². The lowest BCUT2D eigenvalue weighted by atomic mass is 9.94. The van der Waals surface area contributed by atoms with Gasteiger partial charge in [0.1, 0.15) is 6.54 Å². The molecule has 100 valence electrons. The van der Waals surface area contributed by atoms with Gasteiger partial charge in [0.05, 0.1) is 0 Å². The van der Waals surface area contributed by atoms with Crippen molar-refractivity contribution in [3.63, 3.8) is 0 Å². The molecular weight excluding hydrogens is 226 g/mol. The van der Waals surface area contributed by atoms with Gasteiger partial charge in [-0.2, -0.15) is 0 Å². The summed E-state index contributed by atoms with van der Waals surface area (Å²) in [6.07, 6.45) is 5.17. The van der Waals surface area contributed by atoms with Crippen molar-refractivity contribution >= 4 is 5.91 Å². The average molecular weight is 249 g/mol. The number of hydrogen-bond donors (Lipinski definition) is 2. The number of fused-ring (bicyclic) bond motifs is 1. The second-order valence-corrected chi connectivity index (χ2v) is 6.14. The quantitative estimate of drug-likeness (QED) is 0.838. The van der Waals surface area contributed by atoms with E-state index in [9.17, 15) is 4.79 Å². The summed E-state index contributed by atoms with van der Waals surface area (Å²) in [5.74, 6) is 0.0556. The van der Waals surface area contributed by atoms with Gasteiger partial charge < -0.3 is 15.6 Å². The van der Waals surface area contributed by atoms with Gasteiger partial charge in [0.15, 0.2) is 0 Å². The number of nitrogens with two attached hydrogens (primary N) is 1.